The van der Waals surface area contributed by atoms with E-state index in [0.29, 0.717) is 6.54 Å². The molecule has 1 unspecified atom stereocenters. The van der Waals surface area contributed by atoms with E-state index in [4.69, 9.17) is 0 Å². The van der Waals surface area contributed by atoms with Crippen molar-refractivity contribution in [1.29, 1.82) is 0 Å². The van der Waals surface area contributed by atoms with Crippen LogP contribution in [-0.4, -0.2) is 45.9 Å². The average molecular weight is 344 g/mol. The number of non-ortho nitro benzene ring substituents is 1. The third-order valence-electron chi connectivity index (χ3n) is 3.03. The van der Waals surface area contributed by atoms with Crippen LogP contribution >= 0.6 is 0 Å². The summed E-state index contributed by atoms with van der Waals surface area (Å²) in [7, 11) is -2.03. The third-order valence-corrected chi connectivity index (χ3v) is 4.51. The number of nitro groups is 1. The zero-order valence-electron chi connectivity index (χ0n) is 12.9. The fourth-order valence-electron chi connectivity index (χ4n) is 1.77. The number of rotatable bonds is 9. The van der Waals surface area contributed by atoms with Crippen LogP contribution < -0.4 is 15.4 Å². The molecule has 0 heterocycles. The highest BCUT2D eigenvalue weighted by atomic mass is 32.2. The lowest BCUT2D eigenvalue weighted by atomic mass is 10.1. The van der Waals surface area contributed by atoms with Gasteiger partial charge in [0.05, 0.1) is 9.82 Å². The Bertz CT molecular complexity index is 645. The Labute approximate surface area is 134 Å². The first kappa shape index (κ1) is 19.0. The number of benzene rings is 1. The molecule has 0 fully saturated rings. The molecule has 0 aliphatic carbocycles. The lowest BCUT2D eigenvalue weighted by Crippen LogP contribution is -2.39. The Balaban J connectivity index is 2.50. The summed E-state index contributed by atoms with van der Waals surface area (Å²) in [4.78, 5) is 21.5. The maximum atomic E-state index is 12.0. The van der Waals surface area contributed by atoms with E-state index >= 15 is 0 Å². The Morgan fingerprint density at radius 1 is 1.26 bits per heavy atom. The van der Waals surface area contributed by atoms with Crippen LogP contribution in [-0.2, 0) is 14.8 Å². The van der Waals surface area contributed by atoms with Crippen LogP contribution in [0.2, 0.25) is 0 Å². The minimum Gasteiger partial charge on any atom is -0.355 e. The van der Waals surface area contributed by atoms with Crippen molar-refractivity contribution in [2.24, 2.45) is 5.92 Å². The van der Waals surface area contributed by atoms with Gasteiger partial charge in [0.2, 0.25) is 15.9 Å². The minimum atomic E-state index is -3.77. The first-order valence-corrected chi connectivity index (χ1v) is 8.42. The molecule has 0 saturated heterocycles. The van der Waals surface area contributed by atoms with Crippen LogP contribution in [0.15, 0.2) is 29.2 Å². The Kier molecular flexibility index (Phi) is 7.07. The SMILES string of the molecule is CNCC(C)C(=O)NCCNS(=O)(=O)c1ccc([N+](=O)[O-])cc1. The second-order valence-electron chi connectivity index (χ2n) is 4.90. The van der Waals surface area contributed by atoms with Crippen LogP contribution in [0.4, 0.5) is 5.69 Å². The number of nitrogens with zero attached hydrogens (tertiary/aromatic N) is 1. The smallest absolute Gasteiger partial charge is 0.269 e. The Morgan fingerprint density at radius 3 is 2.39 bits per heavy atom. The highest BCUT2D eigenvalue weighted by Crippen LogP contribution is 2.15. The van der Waals surface area contributed by atoms with Gasteiger partial charge in [0.25, 0.3) is 5.69 Å². The molecular weight excluding hydrogens is 324 g/mol. The number of carbonyl (C=O) groups is 1. The molecule has 128 valence electrons. The summed E-state index contributed by atoms with van der Waals surface area (Å²) in [6, 6.07) is 4.56. The summed E-state index contributed by atoms with van der Waals surface area (Å²) in [6.07, 6.45) is 0. The van der Waals surface area contributed by atoms with Gasteiger partial charge in [-0.05, 0) is 19.2 Å². The van der Waals surface area contributed by atoms with Gasteiger partial charge >= 0.3 is 0 Å². The van der Waals surface area contributed by atoms with Crippen LogP contribution in [0, 0.1) is 16.0 Å². The second kappa shape index (κ2) is 8.56. The minimum absolute atomic E-state index is 0.0251. The average Bonchev–Trinajstić information content (AvgIpc) is 2.51. The molecule has 0 bridgehead atoms. The number of hydrogen-bond acceptors (Lipinski definition) is 6. The van der Waals surface area contributed by atoms with E-state index in [1.807, 2.05) is 0 Å². The van der Waals surface area contributed by atoms with Gasteiger partial charge in [-0.3, -0.25) is 14.9 Å². The Hall–Kier alpha value is -2.04. The van der Waals surface area contributed by atoms with E-state index in [-0.39, 0.29) is 35.5 Å². The van der Waals surface area contributed by atoms with Gasteiger partial charge in [-0.1, -0.05) is 6.92 Å². The largest absolute Gasteiger partial charge is 0.355 e. The van der Waals surface area contributed by atoms with E-state index in [1.165, 1.54) is 0 Å². The topological polar surface area (TPSA) is 130 Å². The van der Waals surface area contributed by atoms with Gasteiger partial charge in [0.1, 0.15) is 0 Å². The third kappa shape index (κ3) is 5.93. The van der Waals surface area contributed by atoms with Crippen LogP contribution in [0.25, 0.3) is 0 Å². The van der Waals surface area contributed by atoms with Gasteiger partial charge in [0, 0.05) is 37.7 Å². The van der Waals surface area contributed by atoms with Gasteiger partial charge in [-0.15, -0.1) is 0 Å². The van der Waals surface area contributed by atoms with Crippen molar-refractivity contribution in [2.75, 3.05) is 26.7 Å². The fourth-order valence-corrected chi connectivity index (χ4v) is 2.81. The standard InChI is InChI=1S/C13H20N4O5S/c1-10(9-14-2)13(18)15-7-8-16-23(21,22)12-5-3-11(4-6-12)17(19)20/h3-6,10,14,16H,7-9H2,1-2H3,(H,15,18). The highest BCUT2D eigenvalue weighted by Gasteiger charge is 2.16. The normalized spacial score (nSPS) is 12.6. The van der Waals surface area contributed by atoms with Crippen molar-refractivity contribution in [2.45, 2.75) is 11.8 Å². The van der Waals surface area contributed by atoms with Crippen LogP contribution in [0.1, 0.15) is 6.92 Å². The van der Waals surface area contributed by atoms with Crippen LogP contribution in [0.3, 0.4) is 0 Å². The van der Waals surface area contributed by atoms with Gasteiger partial charge in [-0.2, -0.15) is 0 Å². The van der Waals surface area contributed by atoms with Crippen molar-refractivity contribution in [3.05, 3.63) is 34.4 Å². The second-order valence-corrected chi connectivity index (χ2v) is 6.67. The van der Waals surface area contributed by atoms with E-state index in [9.17, 15) is 23.3 Å². The number of nitro benzene ring substituents is 1. The summed E-state index contributed by atoms with van der Waals surface area (Å²) in [5.74, 6) is -0.389. The van der Waals surface area contributed by atoms with Gasteiger partial charge in [0.15, 0.2) is 0 Å². The highest BCUT2D eigenvalue weighted by molar-refractivity contribution is 7.89. The number of hydrogen-bond donors (Lipinski definition) is 3. The summed E-state index contributed by atoms with van der Waals surface area (Å²) >= 11 is 0. The molecule has 3 N–H and O–H groups in total. The van der Waals surface area contributed by atoms with Gasteiger partial charge in [-0.25, -0.2) is 13.1 Å². The molecule has 1 aromatic carbocycles. The molecule has 0 aliphatic heterocycles. The van der Waals surface area contributed by atoms with Gasteiger partial charge < -0.3 is 10.6 Å². The number of carbonyl (C=O) groups excluding carboxylic acids is 1. The van der Waals surface area contributed by atoms with E-state index in [1.54, 1.807) is 14.0 Å². The molecular formula is C13H20N4O5S. The lowest BCUT2D eigenvalue weighted by molar-refractivity contribution is -0.384. The number of amides is 1. The summed E-state index contributed by atoms with van der Waals surface area (Å²) in [6.45, 7) is 2.46. The molecule has 10 heteroatoms. The summed E-state index contributed by atoms with van der Waals surface area (Å²) < 4.78 is 26.3. The quantitative estimate of drug-likeness (QED) is 0.324. The number of sulfonamides is 1. The molecule has 0 aromatic heterocycles. The predicted molar refractivity (Wildman–Crippen MR) is 84.4 cm³/mol. The summed E-state index contributed by atoms with van der Waals surface area (Å²) in [5, 5.41) is 16.0. The van der Waals surface area contributed by atoms with E-state index in [2.05, 4.69) is 15.4 Å². The monoisotopic (exact) mass is 344 g/mol. The van der Waals surface area contributed by atoms with Crippen molar-refractivity contribution in [1.82, 2.24) is 15.4 Å². The zero-order valence-corrected chi connectivity index (χ0v) is 13.7. The van der Waals surface area contributed by atoms with Crippen molar-refractivity contribution < 1.29 is 18.1 Å². The molecule has 0 spiro atoms. The molecule has 23 heavy (non-hydrogen) atoms. The summed E-state index contributed by atoms with van der Waals surface area (Å²) in [5.41, 5.74) is -0.185. The molecule has 9 nitrogen and oxygen atoms in total. The molecule has 0 aliphatic rings. The molecule has 1 rings (SSSR count). The van der Waals surface area contributed by atoms with E-state index < -0.39 is 14.9 Å². The number of nitrogens with one attached hydrogen (secondary N) is 3. The molecule has 0 saturated carbocycles. The van der Waals surface area contributed by atoms with Crippen molar-refractivity contribution in [3.63, 3.8) is 0 Å². The van der Waals surface area contributed by atoms with Crippen LogP contribution in [0.5, 0.6) is 0 Å². The zero-order chi connectivity index (χ0) is 17.5. The van der Waals surface area contributed by atoms with E-state index in [0.717, 1.165) is 24.3 Å². The predicted octanol–water partition coefficient (Wildman–Crippen LogP) is -0.155. The molecule has 1 aromatic rings. The first-order chi connectivity index (χ1) is 10.8. The Morgan fingerprint density at radius 2 is 1.87 bits per heavy atom. The maximum Gasteiger partial charge on any atom is 0.269 e. The molecule has 1 atom stereocenters. The lowest BCUT2D eigenvalue weighted by Gasteiger charge is -2.12. The van der Waals surface area contributed by atoms with Crippen molar-refractivity contribution in [3.8, 4) is 0 Å². The molecule has 0 radical (unpaired) electrons. The molecule has 1 amide bonds. The fraction of sp³-hybridized carbons (Fsp3) is 0.462. The maximum absolute atomic E-state index is 12.0. The first-order valence-electron chi connectivity index (χ1n) is 6.94. The van der Waals surface area contributed by atoms with Crippen molar-refractivity contribution >= 4 is 21.6 Å².